The number of benzene rings is 2. The highest BCUT2D eigenvalue weighted by atomic mass is 14.8. The molecule has 0 saturated heterocycles. The highest BCUT2D eigenvalue weighted by Gasteiger charge is 2.29. The van der Waals surface area contributed by atoms with Crippen molar-refractivity contribution in [1.82, 2.24) is 0 Å². The molecule has 1 heteroatoms. The largest absolute Gasteiger partial charge is 0.283 e. The minimum atomic E-state index is 0.134. The Kier molecular flexibility index (Phi) is 2.55. The van der Waals surface area contributed by atoms with E-state index in [0.29, 0.717) is 0 Å². The van der Waals surface area contributed by atoms with Crippen LogP contribution in [0.4, 0.5) is 0 Å². The van der Waals surface area contributed by atoms with Crippen molar-refractivity contribution in [2.24, 2.45) is 4.99 Å². The minimum absolute atomic E-state index is 0.134. The Balaban J connectivity index is 2.18. The smallest absolute Gasteiger partial charge is 0.0722 e. The quantitative estimate of drug-likeness (QED) is 0.712. The lowest BCUT2D eigenvalue weighted by molar-refractivity contribution is 0.532. The summed E-state index contributed by atoms with van der Waals surface area (Å²) in [5, 5.41) is 0. The van der Waals surface area contributed by atoms with E-state index in [1.807, 2.05) is 6.07 Å². The molecule has 0 saturated carbocycles. The van der Waals surface area contributed by atoms with Crippen LogP contribution in [0.3, 0.4) is 0 Å². The maximum absolute atomic E-state index is 4.81. The van der Waals surface area contributed by atoms with Crippen LogP contribution in [-0.4, -0.2) is 12.3 Å². The third-order valence-corrected chi connectivity index (χ3v) is 3.59. The fourth-order valence-electron chi connectivity index (χ4n) is 2.57. The lowest BCUT2D eigenvalue weighted by atomic mass is 9.77. The first-order valence-corrected chi connectivity index (χ1v) is 6.38. The second-order valence-electron chi connectivity index (χ2n) is 5.46. The average Bonchev–Trinajstić information content (AvgIpc) is 2.40. The van der Waals surface area contributed by atoms with Crippen molar-refractivity contribution < 1.29 is 0 Å². The van der Waals surface area contributed by atoms with Gasteiger partial charge in [0, 0.05) is 23.1 Å². The molecule has 2 aromatic carbocycles. The molecule has 0 unspecified atom stereocenters. The SMILES string of the molecule is CC1(C)CN=C(c2ccccc2)c2ccccc21. The van der Waals surface area contributed by atoms with E-state index in [1.54, 1.807) is 0 Å². The van der Waals surface area contributed by atoms with Crippen LogP contribution in [0.1, 0.15) is 30.5 Å². The van der Waals surface area contributed by atoms with Crippen LogP contribution in [0.25, 0.3) is 0 Å². The van der Waals surface area contributed by atoms with Crippen LogP contribution in [0, 0.1) is 0 Å². The number of rotatable bonds is 1. The minimum Gasteiger partial charge on any atom is -0.283 e. The lowest BCUT2D eigenvalue weighted by Crippen LogP contribution is -2.29. The van der Waals surface area contributed by atoms with Crippen molar-refractivity contribution in [3.8, 4) is 0 Å². The Hall–Kier alpha value is -1.89. The molecule has 90 valence electrons. The lowest BCUT2D eigenvalue weighted by Gasteiger charge is -2.31. The normalized spacial score (nSPS) is 16.9. The molecule has 0 bridgehead atoms. The molecule has 0 aliphatic carbocycles. The van der Waals surface area contributed by atoms with Gasteiger partial charge in [-0.15, -0.1) is 0 Å². The molecule has 3 rings (SSSR count). The van der Waals surface area contributed by atoms with E-state index in [-0.39, 0.29) is 5.41 Å². The molecule has 18 heavy (non-hydrogen) atoms. The second-order valence-corrected chi connectivity index (χ2v) is 5.46. The fraction of sp³-hybridized carbons (Fsp3) is 0.235. The zero-order valence-corrected chi connectivity index (χ0v) is 10.9. The first-order valence-electron chi connectivity index (χ1n) is 6.38. The van der Waals surface area contributed by atoms with Gasteiger partial charge in [0.1, 0.15) is 0 Å². The van der Waals surface area contributed by atoms with Gasteiger partial charge in [0.2, 0.25) is 0 Å². The summed E-state index contributed by atoms with van der Waals surface area (Å²) in [7, 11) is 0. The van der Waals surface area contributed by atoms with Gasteiger partial charge in [0.05, 0.1) is 5.71 Å². The summed E-state index contributed by atoms with van der Waals surface area (Å²) in [6.45, 7) is 5.38. The first-order chi connectivity index (χ1) is 8.68. The van der Waals surface area contributed by atoms with E-state index in [9.17, 15) is 0 Å². The topological polar surface area (TPSA) is 12.4 Å². The predicted octanol–water partition coefficient (Wildman–Crippen LogP) is 3.82. The molecule has 1 heterocycles. The standard InChI is InChI=1S/C17H17N/c1-17(2)12-18-16(13-8-4-3-5-9-13)14-10-6-7-11-15(14)17/h3-11H,12H2,1-2H3. The summed E-state index contributed by atoms with van der Waals surface area (Å²) in [4.78, 5) is 4.81. The van der Waals surface area contributed by atoms with E-state index in [1.165, 1.54) is 16.7 Å². The van der Waals surface area contributed by atoms with E-state index in [0.717, 1.165) is 12.3 Å². The van der Waals surface area contributed by atoms with Crippen LogP contribution in [0.2, 0.25) is 0 Å². The van der Waals surface area contributed by atoms with Crippen molar-refractivity contribution in [3.63, 3.8) is 0 Å². The van der Waals surface area contributed by atoms with E-state index in [2.05, 4.69) is 62.4 Å². The molecule has 0 spiro atoms. The van der Waals surface area contributed by atoms with Gasteiger partial charge >= 0.3 is 0 Å². The summed E-state index contributed by atoms with van der Waals surface area (Å²) >= 11 is 0. The molecule has 0 amide bonds. The number of aliphatic imine (C=N–C) groups is 1. The number of nitrogens with zero attached hydrogens (tertiary/aromatic N) is 1. The van der Waals surface area contributed by atoms with Gasteiger partial charge in [-0.25, -0.2) is 0 Å². The molecule has 1 aliphatic heterocycles. The van der Waals surface area contributed by atoms with Gasteiger partial charge in [0.15, 0.2) is 0 Å². The van der Waals surface area contributed by atoms with E-state index < -0.39 is 0 Å². The van der Waals surface area contributed by atoms with Crippen LogP contribution in [-0.2, 0) is 5.41 Å². The van der Waals surface area contributed by atoms with Crippen LogP contribution in [0.15, 0.2) is 59.6 Å². The van der Waals surface area contributed by atoms with Gasteiger partial charge in [0.25, 0.3) is 0 Å². The summed E-state index contributed by atoms with van der Waals surface area (Å²) in [6.07, 6.45) is 0. The monoisotopic (exact) mass is 235 g/mol. The Morgan fingerprint density at radius 1 is 0.889 bits per heavy atom. The third kappa shape index (κ3) is 1.76. The molecular weight excluding hydrogens is 218 g/mol. The Morgan fingerprint density at radius 2 is 1.56 bits per heavy atom. The second kappa shape index (κ2) is 4.09. The van der Waals surface area contributed by atoms with Gasteiger partial charge in [-0.05, 0) is 5.56 Å². The maximum Gasteiger partial charge on any atom is 0.0722 e. The number of hydrogen-bond acceptors (Lipinski definition) is 1. The van der Waals surface area contributed by atoms with Crippen molar-refractivity contribution >= 4 is 5.71 Å². The zero-order valence-electron chi connectivity index (χ0n) is 10.9. The molecule has 1 aliphatic rings. The number of hydrogen-bond donors (Lipinski definition) is 0. The molecular formula is C17H17N. The number of fused-ring (bicyclic) bond motifs is 1. The van der Waals surface area contributed by atoms with E-state index >= 15 is 0 Å². The van der Waals surface area contributed by atoms with Crippen molar-refractivity contribution in [1.29, 1.82) is 0 Å². The molecule has 2 aromatic rings. The Bertz CT molecular complexity index is 594. The summed E-state index contributed by atoms with van der Waals surface area (Å²) < 4.78 is 0. The van der Waals surface area contributed by atoms with Crippen LogP contribution >= 0.6 is 0 Å². The van der Waals surface area contributed by atoms with Crippen molar-refractivity contribution in [3.05, 3.63) is 71.3 Å². The van der Waals surface area contributed by atoms with Gasteiger partial charge in [-0.2, -0.15) is 0 Å². The molecule has 0 aromatic heterocycles. The third-order valence-electron chi connectivity index (χ3n) is 3.59. The highest BCUT2D eigenvalue weighted by Crippen LogP contribution is 2.32. The zero-order chi connectivity index (χ0) is 12.6. The molecule has 1 nitrogen and oxygen atoms in total. The Labute approximate surface area is 108 Å². The van der Waals surface area contributed by atoms with Crippen LogP contribution < -0.4 is 0 Å². The van der Waals surface area contributed by atoms with Crippen molar-refractivity contribution in [2.75, 3.05) is 6.54 Å². The summed E-state index contributed by atoms with van der Waals surface area (Å²) in [5.41, 5.74) is 5.15. The highest BCUT2D eigenvalue weighted by molar-refractivity contribution is 6.14. The molecule has 0 radical (unpaired) electrons. The van der Waals surface area contributed by atoms with E-state index in [4.69, 9.17) is 4.99 Å². The summed E-state index contributed by atoms with van der Waals surface area (Å²) in [5.74, 6) is 0. The first kappa shape index (κ1) is 11.2. The average molecular weight is 235 g/mol. The van der Waals surface area contributed by atoms with Gasteiger partial charge < -0.3 is 0 Å². The Morgan fingerprint density at radius 3 is 2.33 bits per heavy atom. The maximum atomic E-state index is 4.81. The van der Waals surface area contributed by atoms with Gasteiger partial charge in [-0.1, -0.05) is 68.4 Å². The van der Waals surface area contributed by atoms with Crippen molar-refractivity contribution in [2.45, 2.75) is 19.3 Å². The van der Waals surface area contributed by atoms with Gasteiger partial charge in [-0.3, -0.25) is 4.99 Å². The van der Waals surface area contributed by atoms with Crippen LogP contribution in [0.5, 0.6) is 0 Å². The molecule has 0 atom stereocenters. The fourth-order valence-corrected chi connectivity index (χ4v) is 2.57. The molecule has 0 fully saturated rings. The molecule has 0 N–H and O–H groups in total. The predicted molar refractivity (Wildman–Crippen MR) is 76.4 cm³/mol. The summed E-state index contributed by atoms with van der Waals surface area (Å²) in [6, 6.07) is 19.1.